The number of hydrogen-bond donors (Lipinski definition) is 0. The number of carbonyl (C=O) groups is 2. The molecule has 1 rings (SSSR count). The third-order valence-electron chi connectivity index (χ3n) is 4.70. The molecule has 0 N–H and O–H groups in total. The van der Waals surface area contributed by atoms with E-state index < -0.39 is 0 Å². The van der Waals surface area contributed by atoms with Gasteiger partial charge in [0.25, 0.3) is 0 Å². The minimum Gasteiger partial charge on any atom is -0.315 e. The third-order valence-corrected chi connectivity index (χ3v) is 4.70. The Morgan fingerprint density at radius 3 is 2.17 bits per heavy atom. The number of carbonyl (C=O) groups excluding carboxylic acids is 2. The molecule has 0 aromatic carbocycles. The zero-order valence-electron chi connectivity index (χ0n) is 17.0. The van der Waals surface area contributed by atoms with Crippen molar-refractivity contribution in [3.8, 4) is 0 Å². The van der Waals surface area contributed by atoms with Crippen molar-refractivity contribution in [1.82, 2.24) is 9.80 Å². The molecule has 1 aliphatic rings. The lowest BCUT2D eigenvalue weighted by Gasteiger charge is -2.36. The van der Waals surface area contributed by atoms with Gasteiger partial charge in [-0.05, 0) is 37.9 Å². The van der Waals surface area contributed by atoms with E-state index >= 15 is 0 Å². The second kappa shape index (κ2) is 7.81. The van der Waals surface area contributed by atoms with Crippen molar-refractivity contribution in [3.05, 3.63) is 11.3 Å². The molecule has 0 unspecified atom stereocenters. The van der Waals surface area contributed by atoms with Crippen LogP contribution in [0.15, 0.2) is 11.3 Å². The molecule has 0 aromatic heterocycles. The van der Waals surface area contributed by atoms with Gasteiger partial charge in [0.05, 0.1) is 13.0 Å². The maximum absolute atomic E-state index is 12.8. The molecule has 1 amide bonds. The molecule has 0 atom stereocenters. The lowest BCUT2D eigenvalue weighted by Crippen LogP contribution is -2.37. The average molecular weight is 337 g/mol. The van der Waals surface area contributed by atoms with Crippen LogP contribution in [0.1, 0.15) is 67.2 Å². The van der Waals surface area contributed by atoms with E-state index in [1.54, 1.807) is 0 Å². The van der Waals surface area contributed by atoms with Gasteiger partial charge >= 0.3 is 0 Å². The van der Waals surface area contributed by atoms with Gasteiger partial charge in [-0.25, -0.2) is 0 Å². The Morgan fingerprint density at radius 1 is 1.12 bits per heavy atom. The second-order valence-corrected chi connectivity index (χ2v) is 8.96. The highest BCUT2D eigenvalue weighted by molar-refractivity contribution is 5.99. The first-order valence-electron chi connectivity index (χ1n) is 9.11. The minimum atomic E-state index is -0.0475. The lowest BCUT2D eigenvalue weighted by molar-refractivity contribution is -0.134. The quantitative estimate of drug-likeness (QED) is 0.663. The van der Waals surface area contributed by atoms with Gasteiger partial charge in [0.1, 0.15) is 0 Å². The van der Waals surface area contributed by atoms with Gasteiger partial charge in [0, 0.05) is 17.7 Å². The van der Waals surface area contributed by atoms with Gasteiger partial charge in [-0.2, -0.15) is 0 Å². The van der Waals surface area contributed by atoms with Gasteiger partial charge in [-0.1, -0.05) is 48.0 Å². The Bertz CT molecular complexity index is 510. The summed E-state index contributed by atoms with van der Waals surface area (Å²) in [5, 5.41) is 0. The van der Waals surface area contributed by atoms with E-state index in [0.717, 1.165) is 19.3 Å². The molecule has 1 aliphatic heterocycles. The molecule has 0 fully saturated rings. The summed E-state index contributed by atoms with van der Waals surface area (Å²) in [6.45, 7) is 14.3. The van der Waals surface area contributed by atoms with Crippen LogP contribution in [0.3, 0.4) is 0 Å². The molecule has 0 saturated carbocycles. The molecule has 4 heteroatoms. The van der Waals surface area contributed by atoms with Gasteiger partial charge in [0.2, 0.25) is 5.91 Å². The van der Waals surface area contributed by atoms with Crippen LogP contribution in [-0.2, 0) is 9.59 Å². The number of hydrogen-bond acceptors (Lipinski definition) is 3. The molecule has 4 nitrogen and oxygen atoms in total. The van der Waals surface area contributed by atoms with Crippen molar-refractivity contribution in [2.24, 2.45) is 10.8 Å². The number of nitrogens with zero attached hydrogens (tertiary/aromatic N) is 2. The normalized spacial score (nSPS) is 16.3. The van der Waals surface area contributed by atoms with Gasteiger partial charge in [-0.15, -0.1) is 0 Å². The molecule has 1 heterocycles. The van der Waals surface area contributed by atoms with Gasteiger partial charge in [-0.3, -0.25) is 9.59 Å². The number of Topliss-reactive ketones (excluding diaryl/α,β-unsaturated/α-hetero) is 1. The molecule has 0 aliphatic carbocycles. The van der Waals surface area contributed by atoms with E-state index in [4.69, 9.17) is 0 Å². The summed E-state index contributed by atoms with van der Waals surface area (Å²) >= 11 is 0. The number of rotatable bonds is 7. The summed E-state index contributed by atoms with van der Waals surface area (Å²) < 4.78 is 0. The van der Waals surface area contributed by atoms with Crippen molar-refractivity contribution in [2.45, 2.75) is 67.2 Å². The molecule has 0 aromatic rings. The first-order chi connectivity index (χ1) is 10.9. The first-order valence-corrected chi connectivity index (χ1v) is 9.11. The number of likely N-dealkylation sites (N-methyl/N-ethyl adjacent to an activating group) is 1. The van der Waals surface area contributed by atoms with E-state index in [-0.39, 0.29) is 28.9 Å². The molecule has 24 heavy (non-hydrogen) atoms. The first kappa shape index (κ1) is 20.9. The molecule has 0 bridgehead atoms. The van der Waals surface area contributed by atoms with Crippen LogP contribution < -0.4 is 0 Å². The van der Waals surface area contributed by atoms with Gasteiger partial charge in [0.15, 0.2) is 5.78 Å². The molecule has 138 valence electrons. The fraction of sp³-hybridized carbons (Fsp3) is 0.800. The monoisotopic (exact) mass is 336 g/mol. The number of allylic oxidation sites excluding steroid dienone is 1. The summed E-state index contributed by atoms with van der Waals surface area (Å²) in [5.41, 5.74) is 2.53. The van der Waals surface area contributed by atoms with Crippen molar-refractivity contribution in [2.75, 3.05) is 27.2 Å². The molecule has 0 saturated heterocycles. The Kier molecular flexibility index (Phi) is 6.80. The molecule has 0 spiro atoms. The molecular weight excluding hydrogens is 300 g/mol. The lowest BCUT2D eigenvalue weighted by atomic mass is 9.76. The number of amides is 1. The van der Waals surface area contributed by atoms with Crippen LogP contribution in [0, 0.1) is 10.8 Å². The second-order valence-electron chi connectivity index (χ2n) is 8.96. The Hall–Kier alpha value is -1.16. The van der Waals surface area contributed by atoms with E-state index in [1.165, 1.54) is 11.3 Å². The summed E-state index contributed by atoms with van der Waals surface area (Å²) in [4.78, 5) is 28.6. The van der Waals surface area contributed by atoms with Crippen molar-refractivity contribution < 1.29 is 9.59 Å². The predicted octanol–water partition coefficient (Wildman–Crippen LogP) is 3.87. The highest BCUT2D eigenvalue weighted by Crippen LogP contribution is 2.46. The summed E-state index contributed by atoms with van der Waals surface area (Å²) in [7, 11) is 3.71. The maximum Gasteiger partial charge on any atom is 0.234 e. The highest BCUT2D eigenvalue weighted by atomic mass is 16.2. The highest BCUT2D eigenvalue weighted by Gasteiger charge is 2.40. The predicted molar refractivity (Wildman–Crippen MR) is 99.7 cm³/mol. The van der Waals surface area contributed by atoms with Crippen LogP contribution in [0.2, 0.25) is 0 Å². The Balaban J connectivity index is 3.12. The molecular formula is C20H36N2O2. The van der Waals surface area contributed by atoms with E-state index in [9.17, 15) is 9.59 Å². The Morgan fingerprint density at radius 2 is 1.71 bits per heavy atom. The largest absolute Gasteiger partial charge is 0.315 e. The fourth-order valence-electron chi connectivity index (χ4n) is 3.79. The van der Waals surface area contributed by atoms with Crippen LogP contribution in [0.4, 0.5) is 0 Å². The summed E-state index contributed by atoms with van der Waals surface area (Å²) in [6, 6.07) is 0. The van der Waals surface area contributed by atoms with Crippen molar-refractivity contribution >= 4 is 11.7 Å². The van der Waals surface area contributed by atoms with Crippen LogP contribution in [0.5, 0.6) is 0 Å². The third kappa shape index (κ3) is 5.17. The van der Waals surface area contributed by atoms with E-state index in [1.807, 2.05) is 23.9 Å². The summed E-state index contributed by atoms with van der Waals surface area (Å²) in [5.74, 6) is -0.0536. The van der Waals surface area contributed by atoms with Crippen LogP contribution in [0.25, 0.3) is 0 Å². The maximum atomic E-state index is 12.8. The zero-order chi connectivity index (χ0) is 18.7. The number of ketones is 1. The smallest absolute Gasteiger partial charge is 0.234 e. The van der Waals surface area contributed by atoms with Crippen molar-refractivity contribution in [3.63, 3.8) is 0 Å². The van der Waals surface area contributed by atoms with Crippen LogP contribution in [-0.4, -0.2) is 48.7 Å². The van der Waals surface area contributed by atoms with Crippen LogP contribution >= 0.6 is 0 Å². The van der Waals surface area contributed by atoms with Gasteiger partial charge < -0.3 is 9.80 Å². The zero-order valence-corrected chi connectivity index (χ0v) is 17.0. The van der Waals surface area contributed by atoms with E-state index in [2.05, 4.69) is 41.5 Å². The van der Waals surface area contributed by atoms with E-state index in [0.29, 0.717) is 13.1 Å². The topological polar surface area (TPSA) is 40.6 Å². The minimum absolute atomic E-state index is 0.00130. The molecule has 0 radical (unpaired) electrons. The SMILES string of the molecule is CCCC(C)(C)C1=C(C(C)(C)C)CCN1C(=O)CC(=O)CN(C)C. The average Bonchev–Trinajstić information content (AvgIpc) is 2.82. The Labute approximate surface area is 148 Å². The standard InChI is InChI=1S/C20H36N2O2/c1-9-11-20(5,6)18-16(19(2,3)4)10-12-22(18)17(24)13-15(23)14-21(7)8/h9-14H2,1-8H3. The van der Waals surface area contributed by atoms with Crippen molar-refractivity contribution in [1.29, 1.82) is 0 Å². The fourth-order valence-corrected chi connectivity index (χ4v) is 3.79. The summed E-state index contributed by atoms with van der Waals surface area (Å²) in [6.07, 6.45) is 3.04.